The molecule has 5 nitrogen and oxygen atoms in total. The maximum Gasteiger partial charge on any atom is 0.196 e. The third-order valence-corrected chi connectivity index (χ3v) is 4.24. The van der Waals surface area contributed by atoms with Crippen molar-refractivity contribution >= 4 is 27.9 Å². The Labute approximate surface area is 113 Å². The third kappa shape index (κ3) is 1.50. The predicted molar refractivity (Wildman–Crippen MR) is 72.6 cm³/mol. The lowest BCUT2D eigenvalue weighted by molar-refractivity contribution is 0.791. The van der Waals surface area contributed by atoms with Crippen LogP contribution in [-0.2, 0) is 6.54 Å². The van der Waals surface area contributed by atoms with Gasteiger partial charge in [-0.25, -0.2) is 4.68 Å². The van der Waals surface area contributed by atoms with Gasteiger partial charge >= 0.3 is 0 Å². The summed E-state index contributed by atoms with van der Waals surface area (Å²) in [5, 5.41) is 7.08. The smallest absolute Gasteiger partial charge is 0.196 e. The minimum Gasteiger partial charge on any atom is -0.325 e. The molecule has 0 fully saturated rings. The van der Waals surface area contributed by atoms with Crippen molar-refractivity contribution in [3.63, 3.8) is 0 Å². The molecule has 0 unspecified atom stereocenters. The molecule has 0 saturated heterocycles. The fourth-order valence-corrected chi connectivity index (χ4v) is 2.86. The summed E-state index contributed by atoms with van der Waals surface area (Å²) in [7, 11) is 0. The van der Waals surface area contributed by atoms with Gasteiger partial charge in [0.05, 0.1) is 22.1 Å². The lowest BCUT2D eigenvalue weighted by Crippen LogP contribution is -2.08. The second-order valence-corrected chi connectivity index (χ2v) is 5.29. The Hall–Kier alpha value is -1.37. The summed E-state index contributed by atoms with van der Waals surface area (Å²) >= 11 is 7.74. The number of hydrogen-bond donors (Lipinski definition) is 1. The molecule has 3 aromatic heterocycles. The number of halogens is 1. The molecule has 0 aliphatic carbocycles. The van der Waals surface area contributed by atoms with Gasteiger partial charge in [0.25, 0.3) is 0 Å². The highest BCUT2D eigenvalue weighted by atomic mass is 35.5. The van der Waals surface area contributed by atoms with Gasteiger partial charge in [-0.05, 0) is 13.8 Å². The summed E-state index contributed by atoms with van der Waals surface area (Å²) in [6, 6.07) is 0. The quantitative estimate of drug-likeness (QED) is 0.784. The molecule has 0 aliphatic heterocycles. The molecule has 18 heavy (non-hydrogen) atoms. The topological polar surface area (TPSA) is 61.1 Å². The summed E-state index contributed by atoms with van der Waals surface area (Å²) < 4.78 is 3.75. The van der Waals surface area contributed by atoms with Crippen LogP contribution in [0.3, 0.4) is 0 Å². The Bertz CT molecular complexity index is 723. The van der Waals surface area contributed by atoms with Crippen molar-refractivity contribution in [2.75, 3.05) is 0 Å². The maximum atomic E-state index is 6.17. The lowest BCUT2D eigenvalue weighted by atomic mass is 10.4. The van der Waals surface area contributed by atoms with Crippen molar-refractivity contribution in [3.05, 3.63) is 33.7 Å². The van der Waals surface area contributed by atoms with Crippen molar-refractivity contribution in [1.29, 1.82) is 0 Å². The zero-order valence-electron chi connectivity index (χ0n) is 10.0. The first-order valence-electron chi connectivity index (χ1n) is 5.50. The standard InChI is InChI=1S/C11H12ClN5S/c1-6-9(12)7(2)17(15-6)10-8(5-13)16-3-4-18-11(16)14-10/h3-4H,5,13H2,1-2H3. The van der Waals surface area contributed by atoms with Crippen molar-refractivity contribution in [2.45, 2.75) is 20.4 Å². The number of hydrogen-bond acceptors (Lipinski definition) is 4. The number of imidazole rings is 1. The fourth-order valence-electron chi connectivity index (χ4n) is 2.01. The third-order valence-electron chi connectivity index (χ3n) is 2.94. The number of fused-ring (bicyclic) bond motifs is 1. The number of aromatic nitrogens is 4. The lowest BCUT2D eigenvalue weighted by Gasteiger charge is -2.03. The molecule has 0 spiro atoms. The largest absolute Gasteiger partial charge is 0.325 e. The summed E-state index contributed by atoms with van der Waals surface area (Å²) in [5.74, 6) is 0.761. The predicted octanol–water partition coefficient (Wildman–Crippen LogP) is 2.31. The van der Waals surface area contributed by atoms with Crippen LogP contribution in [0.2, 0.25) is 5.02 Å². The highest BCUT2D eigenvalue weighted by molar-refractivity contribution is 7.15. The van der Waals surface area contributed by atoms with E-state index in [9.17, 15) is 0 Å². The molecule has 2 N–H and O–H groups in total. The second kappa shape index (κ2) is 4.08. The molecule has 3 heterocycles. The van der Waals surface area contributed by atoms with E-state index in [2.05, 4.69) is 10.1 Å². The Morgan fingerprint density at radius 1 is 1.44 bits per heavy atom. The highest BCUT2D eigenvalue weighted by Gasteiger charge is 2.18. The maximum absolute atomic E-state index is 6.17. The normalized spacial score (nSPS) is 11.6. The van der Waals surface area contributed by atoms with Gasteiger partial charge < -0.3 is 5.73 Å². The molecule has 0 aliphatic rings. The van der Waals surface area contributed by atoms with Crippen LogP contribution in [-0.4, -0.2) is 19.2 Å². The SMILES string of the molecule is Cc1nn(-c2nc3sccn3c2CN)c(C)c1Cl. The molecular weight excluding hydrogens is 270 g/mol. The molecule has 0 atom stereocenters. The summed E-state index contributed by atoms with van der Waals surface area (Å²) in [6.07, 6.45) is 1.96. The van der Waals surface area contributed by atoms with Crippen molar-refractivity contribution in [1.82, 2.24) is 19.2 Å². The molecule has 7 heteroatoms. The molecule has 3 rings (SSSR count). The molecule has 0 aromatic carbocycles. The van der Waals surface area contributed by atoms with Crippen LogP contribution >= 0.6 is 22.9 Å². The van der Waals surface area contributed by atoms with E-state index in [1.165, 1.54) is 0 Å². The molecular formula is C11H12ClN5S. The van der Waals surface area contributed by atoms with Gasteiger partial charge in [0.15, 0.2) is 10.8 Å². The van der Waals surface area contributed by atoms with E-state index in [1.807, 2.05) is 29.8 Å². The van der Waals surface area contributed by atoms with Gasteiger partial charge in [0.1, 0.15) is 0 Å². The van der Waals surface area contributed by atoms with Crippen LogP contribution in [0.4, 0.5) is 0 Å². The average molecular weight is 282 g/mol. The van der Waals surface area contributed by atoms with E-state index in [1.54, 1.807) is 16.0 Å². The van der Waals surface area contributed by atoms with Crippen LogP contribution in [0.25, 0.3) is 10.8 Å². The Morgan fingerprint density at radius 3 is 2.83 bits per heavy atom. The first kappa shape index (κ1) is 11.7. The zero-order chi connectivity index (χ0) is 12.9. The Morgan fingerprint density at radius 2 is 2.22 bits per heavy atom. The van der Waals surface area contributed by atoms with Crippen LogP contribution < -0.4 is 5.73 Å². The van der Waals surface area contributed by atoms with Crippen molar-refractivity contribution in [3.8, 4) is 5.82 Å². The number of rotatable bonds is 2. The molecule has 0 bridgehead atoms. The minimum absolute atomic E-state index is 0.406. The number of nitrogens with zero attached hydrogens (tertiary/aromatic N) is 4. The summed E-state index contributed by atoms with van der Waals surface area (Å²) in [5.41, 5.74) is 8.44. The number of thiazole rings is 1. The average Bonchev–Trinajstić information content (AvgIpc) is 2.98. The van der Waals surface area contributed by atoms with Crippen LogP contribution in [0, 0.1) is 13.8 Å². The minimum atomic E-state index is 0.406. The van der Waals surface area contributed by atoms with Gasteiger partial charge in [-0.2, -0.15) is 10.1 Å². The molecule has 0 amide bonds. The van der Waals surface area contributed by atoms with Gasteiger partial charge in [-0.15, -0.1) is 11.3 Å². The van der Waals surface area contributed by atoms with E-state index in [0.717, 1.165) is 27.9 Å². The van der Waals surface area contributed by atoms with E-state index in [-0.39, 0.29) is 0 Å². The first-order chi connectivity index (χ1) is 8.63. The Balaban J connectivity index is 2.30. The molecule has 94 valence electrons. The van der Waals surface area contributed by atoms with Gasteiger partial charge in [-0.3, -0.25) is 4.40 Å². The van der Waals surface area contributed by atoms with Crippen LogP contribution in [0.15, 0.2) is 11.6 Å². The van der Waals surface area contributed by atoms with E-state index >= 15 is 0 Å². The van der Waals surface area contributed by atoms with Crippen molar-refractivity contribution < 1.29 is 0 Å². The van der Waals surface area contributed by atoms with Crippen molar-refractivity contribution in [2.24, 2.45) is 5.73 Å². The van der Waals surface area contributed by atoms with Gasteiger partial charge in [0.2, 0.25) is 0 Å². The monoisotopic (exact) mass is 281 g/mol. The first-order valence-corrected chi connectivity index (χ1v) is 6.76. The van der Waals surface area contributed by atoms with Gasteiger partial charge in [0, 0.05) is 18.1 Å². The number of nitrogens with two attached hydrogens (primary N) is 1. The highest BCUT2D eigenvalue weighted by Crippen LogP contribution is 2.25. The van der Waals surface area contributed by atoms with Crippen LogP contribution in [0.1, 0.15) is 17.1 Å². The zero-order valence-corrected chi connectivity index (χ0v) is 11.6. The molecule has 3 aromatic rings. The van der Waals surface area contributed by atoms with Gasteiger partial charge in [-0.1, -0.05) is 11.6 Å². The van der Waals surface area contributed by atoms with E-state index in [4.69, 9.17) is 17.3 Å². The molecule has 0 radical (unpaired) electrons. The number of aryl methyl sites for hydroxylation is 1. The van der Waals surface area contributed by atoms with E-state index in [0.29, 0.717) is 11.6 Å². The second-order valence-electron chi connectivity index (χ2n) is 4.04. The Kier molecular flexibility index (Phi) is 2.65. The van der Waals surface area contributed by atoms with Crippen LogP contribution in [0.5, 0.6) is 0 Å². The summed E-state index contributed by atoms with van der Waals surface area (Å²) in [6.45, 7) is 4.21. The molecule has 0 saturated carbocycles. The van der Waals surface area contributed by atoms with E-state index < -0.39 is 0 Å². The summed E-state index contributed by atoms with van der Waals surface area (Å²) in [4.78, 5) is 5.48. The fraction of sp³-hybridized carbons (Fsp3) is 0.273.